The molecular weight excluding hydrogens is 260 g/mol. The Morgan fingerprint density at radius 2 is 1.75 bits per heavy atom. The Morgan fingerprint density at radius 1 is 1.10 bits per heavy atom. The molecule has 2 heterocycles. The molecule has 0 amide bonds. The Balaban J connectivity index is 1.80. The zero-order chi connectivity index (χ0) is 14.4. The lowest BCUT2D eigenvalue weighted by atomic mass is 9.89. The third kappa shape index (κ3) is 4.87. The highest BCUT2D eigenvalue weighted by Gasteiger charge is 2.28. The molecule has 2 aliphatic rings. The SMILES string of the molecule is O=C(O)CC(CC1CCCO1)C(=O)CCC1CCCO1. The zero-order valence-electron chi connectivity index (χ0n) is 11.9. The molecule has 2 fully saturated rings. The molecule has 2 saturated heterocycles. The summed E-state index contributed by atoms with van der Waals surface area (Å²) in [6.45, 7) is 1.52. The van der Waals surface area contributed by atoms with Crippen molar-refractivity contribution in [1.29, 1.82) is 0 Å². The number of carboxylic acid groups (broad SMARTS) is 1. The first-order valence-electron chi connectivity index (χ1n) is 7.63. The van der Waals surface area contributed by atoms with Crippen molar-refractivity contribution in [3.05, 3.63) is 0 Å². The minimum absolute atomic E-state index is 0.0541. The second kappa shape index (κ2) is 7.74. The van der Waals surface area contributed by atoms with Gasteiger partial charge in [0, 0.05) is 25.6 Å². The van der Waals surface area contributed by atoms with Crippen molar-refractivity contribution in [3.63, 3.8) is 0 Å². The van der Waals surface area contributed by atoms with Gasteiger partial charge in [0.15, 0.2) is 0 Å². The normalized spacial score (nSPS) is 27.6. The van der Waals surface area contributed by atoms with Crippen LogP contribution in [0.5, 0.6) is 0 Å². The van der Waals surface area contributed by atoms with E-state index in [0.717, 1.165) is 45.3 Å². The summed E-state index contributed by atoms with van der Waals surface area (Å²) >= 11 is 0. The molecule has 1 N–H and O–H groups in total. The van der Waals surface area contributed by atoms with Gasteiger partial charge in [-0.25, -0.2) is 0 Å². The van der Waals surface area contributed by atoms with Crippen molar-refractivity contribution in [1.82, 2.24) is 0 Å². The molecule has 0 saturated carbocycles. The van der Waals surface area contributed by atoms with Gasteiger partial charge in [-0.15, -0.1) is 0 Å². The van der Waals surface area contributed by atoms with Gasteiger partial charge < -0.3 is 14.6 Å². The van der Waals surface area contributed by atoms with Gasteiger partial charge in [0.25, 0.3) is 0 Å². The van der Waals surface area contributed by atoms with Gasteiger partial charge in [-0.2, -0.15) is 0 Å². The number of Topliss-reactive ketones (excluding diaryl/α,β-unsaturated/α-hetero) is 1. The summed E-state index contributed by atoms with van der Waals surface area (Å²) in [6.07, 6.45) is 5.90. The van der Waals surface area contributed by atoms with Crippen LogP contribution in [0.1, 0.15) is 51.4 Å². The molecule has 114 valence electrons. The van der Waals surface area contributed by atoms with Crippen molar-refractivity contribution in [2.75, 3.05) is 13.2 Å². The molecule has 2 rings (SSSR count). The lowest BCUT2D eigenvalue weighted by molar-refractivity contribution is -0.141. The van der Waals surface area contributed by atoms with Crippen LogP contribution in [-0.2, 0) is 19.1 Å². The van der Waals surface area contributed by atoms with Crippen molar-refractivity contribution < 1.29 is 24.2 Å². The molecule has 0 aromatic carbocycles. The molecule has 2 aliphatic heterocycles. The first kappa shape index (κ1) is 15.4. The van der Waals surface area contributed by atoms with E-state index in [1.165, 1.54) is 0 Å². The largest absolute Gasteiger partial charge is 0.481 e. The molecule has 0 aromatic heterocycles. The molecule has 5 heteroatoms. The van der Waals surface area contributed by atoms with Crippen LogP contribution in [0.15, 0.2) is 0 Å². The van der Waals surface area contributed by atoms with E-state index in [9.17, 15) is 9.59 Å². The van der Waals surface area contributed by atoms with Gasteiger partial charge >= 0.3 is 5.97 Å². The first-order chi connectivity index (χ1) is 9.65. The standard InChI is InChI=1S/C15H24O5/c16-14(6-5-12-3-1-7-19-12)11(10-15(17)18)9-13-4-2-8-20-13/h11-13H,1-10H2,(H,17,18). The average molecular weight is 284 g/mol. The fraction of sp³-hybridized carbons (Fsp3) is 0.867. The monoisotopic (exact) mass is 284 g/mol. The molecule has 3 atom stereocenters. The fourth-order valence-electron chi connectivity index (χ4n) is 3.07. The molecule has 0 radical (unpaired) electrons. The number of ether oxygens (including phenoxy) is 2. The quantitative estimate of drug-likeness (QED) is 0.739. The summed E-state index contributed by atoms with van der Waals surface area (Å²) in [5, 5.41) is 8.97. The number of hydrogen-bond acceptors (Lipinski definition) is 4. The molecule has 5 nitrogen and oxygen atoms in total. The Labute approximate surface area is 119 Å². The van der Waals surface area contributed by atoms with Crippen LogP contribution in [0.2, 0.25) is 0 Å². The van der Waals surface area contributed by atoms with Gasteiger partial charge in [-0.05, 0) is 38.5 Å². The summed E-state index contributed by atoms with van der Waals surface area (Å²) in [7, 11) is 0. The molecule has 0 aliphatic carbocycles. The third-order valence-corrected chi connectivity index (χ3v) is 4.18. The van der Waals surface area contributed by atoms with Crippen LogP contribution in [0.25, 0.3) is 0 Å². The number of carbonyl (C=O) groups is 2. The van der Waals surface area contributed by atoms with E-state index in [2.05, 4.69) is 0 Å². The predicted octanol–water partition coefficient (Wildman–Crippen LogP) is 2.17. The minimum atomic E-state index is -0.904. The van der Waals surface area contributed by atoms with Gasteiger partial charge in [-0.3, -0.25) is 9.59 Å². The summed E-state index contributed by atoms with van der Waals surface area (Å²) < 4.78 is 11.0. The van der Waals surface area contributed by atoms with Crippen LogP contribution >= 0.6 is 0 Å². The first-order valence-corrected chi connectivity index (χ1v) is 7.63. The van der Waals surface area contributed by atoms with Crippen LogP contribution in [0.3, 0.4) is 0 Å². The Hall–Kier alpha value is -0.940. The van der Waals surface area contributed by atoms with E-state index < -0.39 is 11.9 Å². The molecule has 3 unspecified atom stereocenters. The van der Waals surface area contributed by atoms with Crippen molar-refractivity contribution in [3.8, 4) is 0 Å². The molecule has 0 aromatic rings. The molecule has 0 bridgehead atoms. The highest BCUT2D eigenvalue weighted by atomic mass is 16.5. The summed E-state index contributed by atoms with van der Waals surface area (Å²) in [6, 6.07) is 0. The van der Waals surface area contributed by atoms with Gasteiger partial charge in [0.1, 0.15) is 5.78 Å². The van der Waals surface area contributed by atoms with E-state index in [-0.39, 0.29) is 24.4 Å². The maximum absolute atomic E-state index is 12.2. The average Bonchev–Trinajstić information content (AvgIpc) is 3.07. The van der Waals surface area contributed by atoms with Crippen LogP contribution in [-0.4, -0.2) is 42.3 Å². The van der Waals surface area contributed by atoms with E-state index in [4.69, 9.17) is 14.6 Å². The lowest BCUT2D eigenvalue weighted by Gasteiger charge is -2.18. The smallest absolute Gasteiger partial charge is 0.304 e. The van der Waals surface area contributed by atoms with Gasteiger partial charge in [0.05, 0.1) is 18.6 Å². The highest BCUT2D eigenvalue weighted by Crippen LogP contribution is 2.25. The second-order valence-electron chi connectivity index (χ2n) is 5.81. The van der Waals surface area contributed by atoms with Gasteiger partial charge in [0.2, 0.25) is 0 Å². The number of ketones is 1. The highest BCUT2D eigenvalue weighted by molar-refractivity contribution is 5.84. The topological polar surface area (TPSA) is 72.8 Å². The molecule has 20 heavy (non-hydrogen) atoms. The predicted molar refractivity (Wildman–Crippen MR) is 72.5 cm³/mol. The number of rotatable bonds is 8. The lowest BCUT2D eigenvalue weighted by Crippen LogP contribution is -2.24. The number of aliphatic carboxylic acids is 1. The minimum Gasteiger partial charge on any atom is -0.481 e. The number of carboxylic acids is 1. The van der Waals surface area contributed by atoms with E-state index in [0.29, 0.717) is 12.8 Å². The second-order valence-corrected chi connectivity index (χ2v) is 5.81. The molecule has 0 spiro atoms. The fourth-order valence-corrected chi connectivity index (χ4v) is 3.07. The maximum atomic E-state index is 12.2. The third-order valence-electron chi connectivity index (χ3n) is 4.18. The van der Waals surface area contributed by atoms with E-state index >= 15 is 0 Å². The van der Waals surface area contributed by atoms with E-state index in [1.54, 1.807) is 0 Å². The summed E-state index contributed by atoms with van der Waals surface area (Å²) in [5.74, 6) is -1.26. The van der Waals surface area contributed by atoms with Gasteiger partial charge in [-0.1, -0.05) is 0 Å². The number of carbonyl (C=O) groups excluding carboxylic acids is 1. The van der Waals surface area contributed by atoms with Crippen molar-refractivity contribution in [2.45, 2.75) is 63.6 Å². The Morgan fingerprint density at radius 3 is 2.30 bits per heavy atom. The summed E-state index contributed by atoms with van der Waals surface area (Å²) in [4.78, 5) is 23.2. The Kier molecular flexibility index (Phi) is 5.98. The van der Waals surface area contributed by atoms with Crippen LogP contribution in [0, 0.1) is 5.92 Å². The zero-order valence-corrected chi connectivity index (χ0v) is 11.9. The maximum Gasteiger partial charge on any atom is 0.304 e. The van der Waals surface area contributed by atoms with Crippen LogP contribution < -0.4 is 0 Å². The van der Waals surface area contributed by atoms with Crippen LogP contribution in [0.4, 0.5) is 0 Å². The van der Waals surface area contributed by atoms with E-state index in [1.807, 2.05) is 0 Å². The summed E-state index contributed by atoms with van der Waals surface area (Å²) in [5.41, 5.74) is 0. The van der Waals surface area contributed by atoms with Crippen molar-refractivity contribution >= 4 is 11.8 Å². The Bertz CT molecular complexity index is 329. The molecular formula is C15H24O5. The van der Waals surface area contributed by atoms with Crippen molar-refractivity contribution in [2.24, 2.45) is 5.92 Å². The number of hydrogen-bond donors (Lipinski definition) is 1.